The Kier molecular flexibility index (Phi) is 6.43. The first-order chi connectivity index (χ1) is 11.5. The molecule has 2 amide bonds. The molecule has 1 aliphatic heterocycles. The molecule has 1 fully saturated rings. The summed E-state index contributed by atoms with van der Waals surface area (Å²) in [7, 11) is 1.30. The number of hydrogen-bond donors (Lipinski definition) is 1. The lowest BCUT2D eigenvalue weighted by Crippen LogP contribution is -2.55. The second-order valence-electron chi connectivity index (χ2n) is 5.76. The van der Waals surface area contributed by atoms with Crippen LogP contribution in [-0.2, 0) is 14.3 Å². The van der Waals surface area contributed by atoms with Gasteiger partial charge in [-0.2, -0.15) is 0 Å². The van der Waals surface area contributed by atoms with Gasteiger partial charge in [0.25, 0.3) is 0 Å². The van der Waals surface area contributed by atoms with E-state index in [1.807, 2.05) is 38.1 Å². The van der Waals surface area contributed by atoms with E-state index in [0.29, 0.717) is 19.7 Å². The fourth-order valence-corrected chi connectivity index (χ4v) is 2.52. The van der Waals surface area contributed by atoms with Gasteiger partial charge in [-0.1, -0.05) is 12.1 Å². The fraction of sp³-hybridized carbons (Fsp3) is 0.529. The summed E-state index contributed by atoms with van der Waals surface area (Å²) in [4.78, 5) is 25.4. The van der Waals surface area contributed by atoms with Crippen LogP contribution in [0.2, 0.25) is 0 Å². The molecule has 1 saturated heterocycles. The molecule has 1 aromatic carbocycles. The summed E-state index contributed by atoms with van der Waals surface area (Å²) >= 11 is 0. The number of nitrogens with zero attached hydrogens (tertiary/aromatic N) is 1. The third-order valence-electron chi connectivity index (χ3n) is 3.65. The first kappa shape index (κ1) is 18.1. The van der Waals surface area contributed by atoms with Crippen LogP contribution < -0.4 is 10.1 Å². The summed E-state index contributed by atoms with van der Waals surface area (Å²) in [5, 5.41) is 2.79. The summed E-state index contributed by atoms with van der Waals surface area (Å²) < 4.78 is 15.8. The van der Waals surface area contributed by atoms with E-state index in [1.54, 1.807) is 4.90 Å². The van der Waals surface area contributed by atoms with Gasteiger partial charge in [0.1, 0.15) is 12.4 Å². The lowest BCUT2D eigenvalue weighted by atomic mass is 10.2. The molecule has 0 radical (unpaired) electrons. The molecule has 1 aromatic rings. The Hall–Kier alpha value is -2.28. The van der Waals surface area contributed by atoms with Gasteiger partial charge in [-0.3, -0.25) is 0 Å². The van der Waals surface area contributed by atoms with Crippen molar-refractivity contribution in [2.75, 3.05) is 33.4 Å². The topological polar surface area (TPSA) is 77.1 Å². The molecule has 1 aliphatic rings. The van der Waals surface area contributed by atoms with Gasteiger partial charge < -0.3 is 24.4 Å². The Balaban J connectivity index is 1.76. The monoisotopic (exact) mass is 336 g/mol. The number of methoxy groups -OCH3 is 1. The summed E-state index contributed by atoms with van der Waals surface area (Å²) in [6.07, 6.45) is -0.967. The predicted octanol–water partition coefficient (Wildman–Crippen LogP) is 1.35. The van der Waals surface area contributed by atoms with Crippen molar-refractivity contribution in [1.29, 1.82) is 0 Å². The molecular formula is C17H24N2O5. The van der Waals surface area contributed by atoms with E-state index in [9.17, 15) is 9.59 Å². The molecule has 2 rings (SSSR count). The SMILES string of the molecule is COC(=O)[C@H]1CN(C(=O)NCCOc2cccc(C)c2)C[C@@H](C)O1. The molecule has 0 aliphatic carbocycles. The van der Waals surface area contributed by atoms with Crippen molar-refractivity contribution in [2.45, 2.75) is 26.1 Å². The van der Waals surface area contributed by atoms with Crippen LogP contribution in [0.5, 0.6) is 5.75 Å². The number of aryl methyl sites for hydroxylation is 1. The Bertz CT molecular complexity index is 578. The van der Waals surface area contributed by atoms with Gasteiger partial charge in [-0.15, -0.1) is 0 Å². The molecule has 132 valence electrons. The molecule has 24 heavy (non-hydrogen) atoms. The average molecular weight is 336 g/mol. The summed E-state index contributed by atoms with van der Waals surface area (Å²) in [5.74, 6) is 0.303. The largest absolute Gasteiger partial charge is 0.492 e. The van der Waals surface area contributed by atoms with Crippen LogP contribution in [0.1, 0.15) is 12.5 Å². The highest BCUT2D eigenvalue weighted by Crippen LogP contribution is 2.13. The van der Waals surface area contributed by atoms with Crippen LogP contribution in [0, 0.1) is 6.92 Å². The smallest absolute Gasteiger partial charge is 0.336 e. The van der Waals surface area contributed by atoms with Crippen LogP contribution in [0.15, 0.2) is 24.3 Å². The molecule has 0 unspecified atom stereocenters. The van der Waals surface area contributed by atoms with Crippen LogP contribution in [0.4, 0.5) is 4.79 Å². The molecule has 0 spiro atoms. The number of carbonyl (C=O) groups excluding carboxylic acids is 2. The molecule has 2 atom stereocenters. The van der Waals surface area contributed by atoms with Gasteiger partial charge in [0.05, 0.1) is 26.3 Å². The number of morpholine rings is 1. The highest BCUT2D eigenvalue weighted by molar-refractivity contribution is 5.78. The van der Waals surface area contributed by atoms with E-state index < -0.39 is 12.1 Å². The second-order valence-corrected chi connectivity index (χ2v) is 5.76. The normalized spacial score (nSPS) is 20.4. The summed E-state index contributed by atoms with van der Waals surface area (Å²) in [6, 6.07) is 7.48. The van der Waals surface area contributed by atoms with Crippen molar-refractivity contribution < 1.29 is 23.8 Å². The molecule has 7 nitrogen and oxygen atoms in total. The Labute approximate surface area is 141 Å². The zero-order valence-electron chi connectivity index (χ0n) is 14.3. The lowest BCUT2D eigenvalue weighted by Gasteiger charge is -2.35. The number of benzene rings is 1. The number of urea groups is 1. The van der Waals surface area contributed by atoms with E-state index in [-0.39, 0.29) is 18.7 Å². The first-order valence-corrected chi connectivity index (χ1v) is 7.95. The Morgan fingerprint density at radius 1 is 1.38 bits per heavy atom. The quantitative estimate of drug-likeness (QED) is 0.649. The maximum absolute atomic E-state index is 12.2. The van der Waals surface area contributed by atoms with Crippen LogP contribution in [0.3, 0.4) is 0 Å². The van der Waals surface area contributed by atoms with Gasteiger partial charge in [0.15, 0.2) is 6.10 Å². The van der Waals surface area contributed by atoms with Crippen molar-refractivity contribution in [1.82, 2.24) is 10.2 Å². The van der Waals surface area contributed by atoms with Crippen molar-refractivity contribution in [3.8, 4) is 5.75 Å². The predicted molar refractivity (Wildman–Crippen MR) is 88.0 cm³/mol. The van der Waals surface area contributed by atoms with Gasteiger partial charge >= 0.3 is 12.0 Å². The van der Waals surface area contributed by atoms with E-state index >= 15 is 0 Å². The van der Waals surface area contributed by atoms with Crippen molar-refractivity contribution in [2.24, 2.45) is 0 Å². The number of esters is 1. The number of rotatable bonds is 5. The molecular weight excluding hydrogens is 312 g/mol. The van der Waals surface area contributed by atoms with Crippen LogP contribution in [-0.4, -0.2) is 62.5 Å². The maximum atomic E-state index is 12.2. The first-order valence-electron chi connectivity index (χ1n) is 7.95. The zero-order valence-corrected chi connectivity index (χ0v) is 14.3. The number of ether oxygens (including phenoxy) is 3. The Morgan fingerprint density at radius 2 is 2.17 bits per heavy atom. The van der Waals surface area contributed by atoms with Crippen molar-refractivity contribution in [3.63, 3.8) is 0 Å². The summed E-state index contributed by atoms with van der Waals surface area (Å²) in [5.41, 5.74) is 1.12. The molecule has 1 N–H and O–H groups in total. The van der Waals surface area contributed by atoms with Gasteiger partial charge in [0.2, 0.25) is 0 Å². The number of amides is 2. The van der Waals surface area contributed by atoms with E-state index in [4.69, 9.17) is 9.47 Å². The van der Waals surface area contributed by atoms with Gasteiger partial charge in [-0.05, 0) is 31.5 Å². The minimum atomic E-state index is -0.743. The van der Waals surface area contributed by atoms with Crippen molar-refractivity contribution in [3.05, 3.63) is 29.8 Å². The highest BCUT2D eigenvalue weighted by Gasteiger charge is 2.33. The zero-order chi connectivity index (χ0) is 17.5. The van der Waals surface area contributed by atoms with E-state index in [1.165, 1.54) is 7.11 Å². The Morgan fingerprint density at radius 3 is 2.88 bits per heavy atom. The van der Waals surface area contributed by atoms with Gasteiger partial charge in [0, 0.05) is 6.54 Å². The molecule has 1 heterocycles. The maximum Gasteiger partial charge on any atom is 0.336 e. The highest BCUT2D eigenvalue weighted by atomic mass is 16.6. The molecule has 0 aromatic heterocycles. The summed E-state index contributed by atoms with van der Waals surface area (Å²) in [6.45, 7) is 5.17. The fourth-order valence-electron chi connectivity index (χ4n) is 2.52. The molecule has 7 heteroatoms. The van der Waals surface area contributed by atoms with Crippen LogP contribution >= 0.6 is 0 Å². The standard InChI is InChI=1S/C17H24N2O5/c1-12-5-4-6-14(9-12)23-8-7-18-17(21)19-10-13(2)24-15(11-19)16(20)22-3/h4-6,9,13,15H,7-8,10-11H2,1-3H3,(H,18,21)/t13-,15-/m1/s1. The van der Waals surface area contributed by atoms with Crippen LogP contribution in [0.25, 0.3) is 0 Å². The minimum Gasteiger partial charge on any atom is -0.492 e. The van der Waals surface area contributed by atoms with Crippen molar-refractivity contribution >= 4 is 12.0 Å². The average Bonchev–Trinajstić information content (AvgIpc) is 2.57. The number of hydrogen-bond acceptors (Lipinski definition) is 5. The molecule has 0 bridgehead atoms. The van der Waals surface area contributed by atoms with Gasteiger partial charge in [-0.25, -0.2) is 9.59 Å². The third kappa shape index (κ3) is 5.13. The number of nitrogens with one attached hydrogen (secondary N) is 1. The number of carbonyl (C=O) groups is 2. The van der Waals surface area contributed by atoms with E-state index in [0.717, 1.165) is 11.3 Å². The van der Waals surface area contributed by atoms with E-state index in [2.05, 4.69) is 10.1 Å². The third-order valence-corrected chi connectivity index (χ3v) is 3.65. The second kappa shape index (κ2) is 8.54. The molecule has 0 saturated carbocycles. The lowest BCUT2D eigenvalue weighted by molar-refractivity contribution is -0.164. The minimum absolute atomic E-state index is 0.182.